The Bertz CT molecular complexity index is 819. The van der Waals surface area contributed by atoms with E-state index in [2.05, 4.69) is 0 Å². The third kappa shape index (κ3) is 2.34. The molecule has 0 spiro atoms. The predicted octanol–water partition coefficient (Wildman–Crippen LogP) is 3.88. The van der Waals surface area contributed by atoms with Crippen LogP contribution in [0.2, 0.25) is 0 Å². The van der Waals surface area contributed by atoms with Gasteiger partial charge in [0.2, 0.25) is 0 Å². The second-order valence-electron chi connectivity index (χ2n) is 4.82. The highest BCUT2D eigenvalue weighted by Gasteiger charge is 2.15. The van der Waals surface area contributed by atoms with Crippen LogP contribution in [0.5, 0.6) is 0 Å². The molecule has 21 heavy (non-hydrogen) atoms. The fourth-order valence-electron chi connectivity index (χ4n) is 2.53. The summed E-state index contributed by atoms with van der Waals surface area (Å²) in [6.45, 7) is 0. The van der Waals surface area contributed by atoms with E-state index in [0.29, 0.717) is 11.3 Å². The molecule has 3 aromatic rings. The molecule has 0 heterocycles. The number of hydrogen-bond acceptors (Lipinski definition) is 3. The van der Waals surface area contributed by atoms with Crippen LogP contribution >= 0.6 is 0 Å². The predicted molar refractivity (Wildman–Crippen MR) is 85.1 cm³/mol. The Balaban J connectivity index is 2.32. The summed E-state index contributed by atoms with van der Waals surface area (Å²) < 4.78 is 4.87. The molecule has 3 aromatic carbocycles. The molecular formula is C18H15NO2. The van der Waals surface area contributed by atoms with Crippen LogP contribution in [0.15, 0.2) is 60.7 Å². The molecule has 3 nitrogen and oxygen atoms in total. The first kappa shape index (κ1) is 13.2. The van der Waals surface area contributed by atoms with Crippen molar-refractivity contribution >= 4 is 22.4 Å². The molecule has 0 fully saturated rings. The molecule has 0 aliphatic carbocycles. The van der Waals surface area contributed by atoms with Gasteiger partial charge in [-0.3, -0.25) is 0 Å². The fraction of sp³-hybridized carbons (Fsp3) is 0.0556. The molecule has 3 rings (SSSR count). The monoisotopic (exact) mass is 277 g/mol. The lowest BCUT2D eigenvalue weighted by atomic mass is 9.94. The summed E-state index contributed by atoms with van der Waals surface area (Å²) >= 11 is 0. The summed E-state index contributed by atoms with van der Waals surface area (Å²) in [4.78, 5) is 12.0. The maximum absolute atomic E-state index is 12.0. The van der Waals surface area contributed by atoms with Crippen molar-refractivity contribution in [1.29, 1.82) is 0 Å². The van der Waals surface area contributed by atoms with Crippen LogP contribution in [-0.4, -0.2) is 13.1 Å². The number of carbonyl (C=O) groups is 1. The van der Waals surface area contributed by atoms with Gasteiger partial charge in [-0.25, -0.2) is 4.79 Å². The van der Waals surface area contributed by atoms with Gasteiger partial charge in [-0.2, -0.15) is 0 Å². The van der Waals surface area contributed by atoms with Crippen LogP contribution in [0.3, 0.4) is 0 Å². The van der Waals surface area contributed by atoms with Crippen LogP contribution in [0.1, 0.15) is 10.4 Å². The Hall–Kier alpha value is -2.81. The van der Waals surface area contributed by atoms with Crippen molar-refractivity contribution in [3.63, 3.8) is 0 Å². The summed E-state index contributed by atoms with van der Waals surface area (Å²) in [5.41, 5.74) is 8.79. The first-order valence-corrected chi connectivity index (χ1v) is 6.66. The second-order valence-corrected chi connectivity index (χ2v) is 4.82. The van der Waals surface area contributed by atoms with Gasteiger partial charge in [0.1, 0.15) is 0 Å². The van der Waals surface area contributed by atoms with Gasteiger partial charge in [-0.15, -0.1) is 0 Å². The highest BCUT2D eigenvalue weighted by molar-refractivity contribution is 6.04. The first-order valence-electron chi connectivity index (χ1n) is 6.66. The Morgan fingerprint density at radius 2 is 1.71 bits per heavy atom. The molecular weight excluding hydrogens is 262 g/mol. The average Bonchev–Trinajstić information content (AvgIpc) is 2.53. The molecule has 3 heteroatoms. The van der Waals surface area contributed by atoms with Crippen molar-refractivity contribution in [2.75, 3.05) is 12.8 Å². The smallest absolute Gasteiger partial charge is 0.338 e. The summed E-state index contributed by atoms with van der Waals surface area (Å²) in [5, 5.41) is 2.20. The minimum Gasteiger partial charge on any atom is -0.465 e. The van der Waals surface area contributed by atoms with Gasteiger partial charge in [0.05, 0.1) is 12.7 Å². The van der Waals surface area contributed by atoms with Crippen molar-refractivity contribution < 1.29 is 9.53 Å². The normalized spacial score (nSPS) is 10.5. The number of anilines is 1. The van der Waals surface area contributed by atoms with Crippen molar-refractivity contribution in [3.8, 4) is 11.1 Å². The standard InChI is InChI=1S/C18H15NO2/c1-21-18(20)16-10-9-13(19)11-17(16)15-8-4-6-12-5-2-3-7-14(12)15/h2-11H,19H2,1H3. The molecule has 0 unspecified atom stereocenters. The number of rotatable bonds is 2. The Morgan fingerprint density at radius 1 is 0.952 bits per heavy atom. The second kappa shape index (κ2) is 5.29. The van der Waals surface area contributed by atoms with E-state index < -0.39 is 0 Å². The number of hydrogen-bond donors (Lipinski definition) is 1. The van der Waals surface area contributed by atoms with E-state index in [4.69, 9.17) is 10.5 Å². The van der Waals surface area contributed by atoms with Gasteiger partial charge in [-0.1, -0.05) is 42.5 Å². The lowest BCUT2D eigenvalue weighted by Gasteiger charge is -2.12. The highest BCUT2D eigenvalue weighted by atomic mass is 16.5. The van der Waals surface area contributed by atoms with Gasteiger partial charge in [-0.05, 0) is 40.1 Å². The summed E-state index contributed by atoms with van der Waals surface area (Å²) in [5.74, 6) is -0.363. The van der Waals surface area contributed by atoms with Crippen LogP contribution in [0.4, 0.5) is 5.69 Å². The van der Waals surface area contributed by atoms with Crippen LogP contribution in [0.25, 0.3) is 21.9 Å². The van der Waals surface area contributed by atoms with E-state index in [1.807, 2.05) is 48.5 Å². The van der Waals surface area contributed by atoms with Crippen molar-refractivity contribution in [3.05, 3.63) is 66.2 Å². The molecule has 0 aliphatic rings. The molecule has 0 atom stereocenters. The molecule has 0 amide bonds. The number of nitrogen functional groups attached to an aromatic ring is 1. The van der Waals surface area contributed by atoms with E-state index in [1.165, 1.54) is 7.11 Å². The lowest BCUT2D eigenvalue weighted by molar-refractivity contribution is 0.0601. The minimum absolute atomic E-state index is 0.363. The fourth-order valence-corrected chi connectivity index (χ4v) is 2.53. The van der Waals surface area contributed by atoms with Crippen LogP contribution in [-0.2, 0) is 4.74 Å². The number of esters is 1. The van der Waals surface area contributed by atoms with Crippen molar-refractivity contribution in [2.45, 2.75) is 0 Å². The van der Waals surface area contributed by atoms with Gasteiger partial charge < -0.3 is 10.5 Å². The van der Waals surface area contributed by atoms with Gasteiger partial charge in [0.25, 0.3) is 0 Å². The van der Waals surface area contributed by atoms with E-state index in [-0.39, 0.29) is 5.97 Å². The topological polar surface area (TPSA) is 52.3 Å². The molecule has 0 saturated heterocycles. The van der Waals surface area contributed by atoms with Gasteiger partial charge in [0.15, 0.2) is 0 Å². The van der Waals surface area contributed by atoms with Crippen LogP contribution < -0.4 is 5.73 Å². The van der Waals surface area contributed by atoms with Gasteiger partial charge in [0, 0.05) is 5.69 Å². The lowest BCUT2D eigenvalue weighted by Crippen LogP contribution is -2.04. The Morgan fingerprint density at radius 3 is 2.52 bits per heavy atom. The number of benzene rings is 3. The molecule has 0 saturated carbocycles. The molecule has 104 valence electrons. The third-order valence-corrected chi connectivity index (χ3v) is 3.53. The molecule has 0 aliphatic heterocycles. The largest absolute Gasteiger partial charge is 0.465 e. The Labute approximate surface area is 123 Å². The number of carbonyl (C=O) groups excluding carboxylic acids is 1. The van der Waals surface area contributed by atoms with E-state index in [0.717, 1.165) is 21.9 Å². The van der Waals surface area contributed by atoms with E-state index >= 15 is 0 Å². The molecule has 2 N–H and O–H groups in total. The molecule has 0 radical (unpaired) electrons. The van der Waals surface area contributed by atoms with Crippen molar-refractivity contribution in [1.82, 2.24) is 0 Å². The molecule has 0 bridgehead atoms. The van der Waals surface area contributed by atoms with E-state index in [1.54, 1.807) is 12.1 Å². The third-order valence-electron chi connectivity index (χ3n) is 3.53. The first-order chi connectivity index (χ1) is 10.2. The highest BCUT2D eigenvalue weighted by Crippen LogP contribution is 2.32. The zero-order valence-electron chi connectivity index (χ0n) is 11.7. The van der Waals surface area contributed by atoms with Gasteiger partial charge >= 0.3 is 5.97 Å². The molecule has 0 aromatic heterocycles. The minimum atomic E-state index is -0.363. The summed E-state index contributed by atoms with van der Waals surface area (Å²) in [7, 11) is 1.38. The average molecular weight is 277 g/mol. The summed E-state index contributed by atoms with van der Waals surface area (Å²) in [6.07, 6.45) is 0. The van der Waals surface area contributed by atoms with Crippen LogP contribution in [0, 0.1) is 0 Å². The maximum atomic E-state index is 12.0. The van der Waals surface area contributed by atoms with Crippen molar-refractivity contribution in [2.24, 2.45) is 0 Å². The number of nitrogens with two attached hydrogens (primary N) is 1. The maximum Gasteiger partial charge on any atom is 0.338 e. The zero-order chi connectivity index (χ0) is 14.8. The van der Waals surface area contributed by atoms with E-state index in [9.17, 15) is 4.79 Å². The number of methoxy groups -OCH3 is 1. The quantitative estimate of drug-likeness (QED) is 0.571. The summed E-state index contributed by atoms with van der Waals surface area (Å²) in [6, 6.07) is 19.3. The zero-order valence-corrected chi connectivity index (χ0v) is 11.7. The Kier molecular flexibility index (Phi) is 3.32. The number of ether oxygens (including phenoxy) is 1. The SMILES string of the molecule is COC(=O)c1ccc(N)cc1-c1cccc2ccccc12. The number of fused-ring (bicyclic) bond motifs is 1.